The normalized spacial score (nSPS) is 17.2. The topological polar surface area (TPSA) is 64.7 Å². The Balaban J connectivity index is 1.46. The highest BCUT2D eigenvalue weighted by Gasteiger charge is 2.26. The SMILES string of the molecule is CN1CCCc2cc([C@@H](CNC(=O)C(=O)Nc3ccc(F)c(F)c3)N3CCCCC3)ccc21. The predicted molar refractivity (Wildman–Crippen MR) is 124 cm³/mol. The third-order valence-corrected chi connectivity index (χ3v) is 6.51. The summed E-state index contributed by atoms with van der Waals surface area (Å²) in [6, 6.07) is 9.43. The molecule has 2 N–H and O–H groups in total. The Bertz CT molecular complexity index is 1020. The van der Waals surface area contributed by atoms with Crippen LogP contribution in [0.25, 0.3) is 0 Å². The minimum absolute atomic E-state index is 0.0282. The van der Waals surface area contributed by atoms with E-state index >= 15 is 0 Å². The zero-order chi connectivity index (χ0) is 23.4. The van der Waals surface area contributed by atoms with Crippen LogP contribution < -0.4 is 15.5 Å². The monoisotopic (exact) mass is 456 g/mol. The molecule has 2 aromatic rings. The number of nitrogens with zero attached hydrogens (tertiary/aromatic N) is 2. The number of halogens is 2. The number of carbonyl (C=O) groups excluding carboxylic acids is 2. The summed E-state index contributed by atoms with van der Waals surface area (Å²) >= 11 is 0. The summed E-state index contributed by atoms with van der Waals surface area (Å²) in [4.78, 5) is 29.4. The second-order valence-corrected chi connectivity index (χ2v) is 8.82. The molecule has 2 aliphatic rings. The van der Waals surface area contributed by atoms with Crippen molar-refractivity contribution in [1.82, 2.24) is 10.2 Å². The largest absolute Gasteiger partial charge is 0.374 e. The Morgan fingerprint density at radius 1 is 0.939 bits per heavy atom. The van der Waals surface area contributed by atoms with Crippen LogP contribution >= 0.6 is 0 Å². The lowest BCUT2D eigenvalue weighted by atomic mass is 9.95. The van der Waals surface area contributed by atoms with E-state index in [1.54, 1.807) is 0 Å². The molecule has 6 nitrogen and oxygen atoms in total. The number of amides is 2. The van der Waals surface area contributed by atoms with Crippen LogP contribution in [0.4, 0.5) is 20.2 Å². The molecule has 2 aliphatic heterocycles. The first-order valence-electron chi connectivity index (χ1n) is 11.5. The molecule has 0 bridgehead atoms. The molecule has 2 amide bonds. The van der Waals surface area contributed by atoms with E-state index in [0.717, 1.165) is 63.0 Å². The summed E-state index contributed by atoms with van der Waals surface area (Å²) in [7, 11) is 2.10. The van der Waals surface area contributed by atoms with E-state index in [1.807, 2.05) is 0 Å². The summed E-state index contributed by atoms with van der Waals surface area (Å²) < 4.78 is 26.5. The molecule has 0 aliphatic carbocycles. The fraction of sp³-hybridized carbons (Fsp3) is 0.440. The summed E-state index contributed by atoms with van der Waals surface area (Å²) in [5.41, 5.74) is 3.72. The first-order valence-corrected chi connectivity index (χ1v) is 11.5. The Morgan fingerprint density at radius 2 is 1.73 bits per heavy atom. The van der Waals surface area contributed by atoms with Crippen LogP contribution in [-0.4, -0.2) is 49.9 Å². The maximum atomic E-state index is 13.4. The third kappa shape index (κ3) is 5.50. The van der Waals surface area contributed by atoms with Gasteiger partial charge in [-0.1, -0.05) is 18.6 Å². The van der Waals surface area contributed by atoms with Crippen LogP contribution in [0.15, 0.2) is 36.4 Å². The van der Waals surface area contributed by atoms with Gasteiger partial charge >= 0.3 is 11.8 Å². The van der Waals surface area contributed by atoms with E-state index < -0.39 is 23.4 Å². The number of anilines is 2. The van der Waals surface area contributed by atoms with Crippen molar-refractivity contribution in [3.8, 4) is 0 Å². The molecule has 1 saturated heterocycles. The number of aryl methyl sites for hydroxylation is 1. The van der Waals surface area contributed by atoms with E-state index in [9.17, 15) is 18.4 Å². The molecule has 0 saturated carbocycles. The second kappa shape index (κ2) is 10.3. The number of likely N-dealkylation sites (tertiary alicyclic amines) is 1. The molecule has 1 fully saturated rings. The van der Waals surface area contributed by atoms with E-state index in [0.29, 0.717) is 6.54 Å². The highest BCUT2D eigenvalue weighted by Crippen LogP contribution is 2.31. The number of carbonyl (C=O) groups is 2. The van der Waals surface area contributed by atoms with Gasteiger partial charge in [-0.3, -0.25) is 14.5 Å². The van der Waals surface area contributed by atoms with Crippen LogP contribution in [0.1, 0.15) is 42.9 Å². The van der Waals surface area contributed by atoms with Gasteiger partial charge in [-0.2, -0.15) is 0 Å². The number of benzene rings is 2. The van der Waals surface area contributed by atoms with Crippen LogP contribution in [-0.2, 0) is 16.0 Å². The minimum atomic E-state index is -1.09. The van der Waals surface area contributed by atoms with E-state index in [-0.39, 0.29) is 11.7 Å². The molecule has 1 atom stereocenters. The minimum Gasteiger partial charge on any atom is -0.374 e. The van der Waals surface area contributed by atoms with Crippen molar-refractivity contribution in [3.63, 3.8) is 0 Å². The second-order valence-electron chi connectivity index (χ2n) is 8.82. The number of fused-ring (bicyclic) bond motifs is 1. The van der Waals surface area contributed by atoms with Gasteiger partial charge in [-0.25, -0.2) is 8.78 Å². The fourth-order valence-corrected chi connectivity index (χ4v) is 4.73. The molecular formula is C25H30F2N4O2. The lowest BCUT2D eigenvalue weighted by Crippen LogP contribution is -2.43. The highest BCUT2D eigenvalue weighted by atomic mass is 19.2. The average molecular weight is 457 g/mol. The summed E-state index contributed by atoms with van der Waals surface area (Å²) in [6.45, 7) is 3.22. The van der Waals surface area contributed by atoms with Crippen molar-refractivity contribution in [3.05, 3.63) is 59.2 Å². The van der Waals surface area contributed by atoms with Gasteiger partial charge in [0.25, 0.3) is 0 Å². The molecule has 8 heteroatoms. The number of nitrogens with one attached hydrogen (secondary N) is 2. The molecule has 0 unspecified atom stereocenters. The van der Waals surface area contributed by atoms with E-state index in [1.165, 1.54) is 23.7 Å². The standard InChI is InChI=1S/C25H30F2N4O2/c1-30-11-5-6-17-14-18(7-10-22(17)30)23(31-12-3-2-4-13-31)16-28-24(32)25(33)29-19-8-9-20(26)21(27)15-19/h7-10,14-15,23H,2-6,11-13,16H2,1H3,(H,28,32)(H,29,33)/t23-/m1/s1. The molecule has 0 spiro atoms. The van der Waals surface area contributed by atoms with E-state index in [4.69, 9.17) is 0 Å². The molecule has 2 heterocycles. The summed E-state index contributed by atoms with van der Waals surface area (Å²) in [6.07, 6.45) is 5.55. The Hall–Kier alpha value is -3.00. The third-order valence-electron chi connectivity index (χ3n) is 6.51. The lowest BCUT2D eigenvalue weighted by molar-refractivity contribution is -0.136. The van der Waals surface area contributed by atoms with Crippen molar-refractivity contribution >= 4 is 23.2 Å². The molecule has 2 aromatic carbocycles. The fourth-order valence-electron chi connectivity index (χ4n) is 4.73. The summed E-state index contributed by atoms with van der Waals surface area (Å²) in [5.74, 6) is -3.82. The Morgan fingerprint density at radius 3 is 2.48 bits per heavy atom. The lowest BCUT2D eigenvalue weighted by Gasteiger charge is -2.36. The molecule has 0 aromatic heterocycles. The molecular weight excluding hydrogens is 426 g/mol. The molecule has 33 heavy (non-hydrogen) atoms. The predicted octanol–water partition coefficient (Wildman–Crippen LogP) is 3.63. The Kier molecular flexibility index (Phi) is 7.23. The van der Waals surface area contributed by atoms with Gasteiger partial charge in [0.15, 0.2) is 11.6 Å². The molecule has 4 rings (SSSR count). The van der Waals surface area contributed by atoms with Gasteiger partial charge in [0.2, 0.25) is 0 Å². The number of rotatable bonds is 5. The van der Waals surface area contributed by atoms with Crippen molar-refractivity contribution in [1.29, 1.82) is 0 Å². The zero-order valence-corrected chi connectivity index (χ0v) is 18.9. The number of hydrogen-bond donors (Lipinski definition) is 2. The smallest absolute Gasteiger partial charge is 0.313 e. The van der Waals surface area contributed by atoms with Crippen LogP contribution in [0.3, 0.4) is 0 Å². The van der Waals surface area contributed by atoms with E-state index in [2.05, 4.69) is 45.7 Å². The highest BCUT2D eigenvalue weighted by molar-refractivity contribution is 6.39. The maximum absolute atomic E-state index is 13.4. The summed E-state index contributed by atoms with van der Waals surface area (Å²) in [5, 5.41) is 5.06. The van der Waals surface area contributed by atoms with Gasteiger partial charge in [-0.15, -0.1) is 0 Å². The van der Waals surface area contributed by atoms with Crippen LogP contribution in [0.2, 0.25) is 0 Å². The quantitative estimate of drug-likeness (QED) is 0.675. The molecule has 0 radical (unpaired) electrons. The van der Waals surface area contributed by atoms with Crippen molar-refractivity contribution in [2.45, 2.75) is 38.1 Å². The Labute approximate surface area is 192 Å². The van der Waals surface area contributed by atoms with Crippen LogP contribution in [0.5, 0.6) is 0 Å². The van der Waals surface area contributed by atoms with Gasteiger partial charge in [0, 0.05) is 37.6 Å². The maximum Gasteiger partial charge on any atom is 0.313 e. The average Bonchev–Trinajstić information content (AvgIpc) is 2.82. The number of piperidine rings is 1. The van der Waals surface area contributed by atoms with Gasteiger partial charge in [-0.05, 0) is 68.1 Å². The molecule has 176 valence electrons. The van der Waals surface area contributed by atoms with Gasteiger partial charge in [0.05, 0.1) is 6.04 Å². The zero-order valence-electron chi connectivity index (χ0n) is 18.9. The first-order chi connectivity index (χ1) is 15.9. The first kappa shape index (κ1) is 23.2. The van der Waals surface area contributed by atoms with Gasteiger partial charge < -0.3 is 15.5 Å². The van der Waals surface area contributed by atoms with Crippen molar-refractivity contribution in [2.75, 3.05) is 43.4 Å². The van der Waals surface area contributed by atoms with Crippen molar-refractivity contribution < 1.29 is 18.4 Å². The number of hydrogen-bond acceptors (Lipinski definition) is 4. The van der Waals surface area contributed by atoms with Gasteiger partial charge in [0.1, 0.15) is 0 Å². The van der Waals surface area contributed by atoms with Crippen molar-refractivity contribution in [2.24, 2.45) is 0 Å². The van der Waals surface area contributed by atoms with Crippen LogP contribution in [0, 0.1) is 11.6 Å².